The molecule has 0 unspecified atom stereocenters. The molecule has 0 spiro atoms. The van der Waals surface area contributed by atoms with Gasteiger partial charge in [0.1, 0.15) is 0 Å². The molecule has 0 aromatic rings. The smallest absolute Gasteiger partial charge is 0.384 e. The first kappa shape index (κ1) is 7.97. The average Bonchev–Trinajstić information content (AvgIpc) is 2.66. The van der Waals surface area contributed by atoms with E-state index >= 15 is 0 Å². The molecule has 0 saturated heterocycles. The lowest BCUT2D eigenvalue weighted by atomic mass is 10.3. The van der Waals surface area contributed by atoms with E-state index in [0.717, 1.165) is 0 Å². The molecule has 0 atom stereocenters. The van der Waals surface area contributed by atoms with Crippen molar-refractivity contribution in [2.75, 3.05) is 6.61 Å². The number of carbonyl (C=O) groups is 1. The van der Waals surface area contributed by atoms with Crippen LogP contribution in [0, 0.1) is 10.1 Å². The molecule has 1 saturated carbocycles. The number of hydrogen-bond donors (Lipinski definition) is 0. The van der Waals surface area contributed by atoms with Gasteiger partial charge in [0.05, 0.1) is 6.61 Å². The van der Waals surface area contributed by atoms with E-state index in [0.29, 0.717) is 12.8 Å². The second-order valence-corrected chi connectivity index (χ2v) is 2.51. The monoisotopic (exact) mass is 159 g/mol. The summed E-state index contributed by atoms with van der Waals surface area (Å²) in [6, 6.07) is 0. The van der Waals surface area contributed by atoms with E-state index in [1.807, 2.05) is 0 Å². The Labute approximate surface area is 63.5 Å². The minimum atomic E-state index is -1.38. The minimum Gasteiger partial charge on any atom is -0.461 e. The fraction of sp³-hybridized carbons (Fsp3) is 0.833. The van der Waals surface area contributed by atoms with Crippen molar-refractivity contribution in [2.24, 2.45) is 0 Å². The number of nitrogens with zero attached hydrogens (tertiary/aromatic N) is 1. The number of carbonyl (C=O) groups excluding carboxylic acids is 1. The molecule has 5 nitrogen and oxygen atoms in total. The van der Waals surface area contributed by atoms with Crippen LogP contribution >= 0.6 is 0 Å². The van der Waals surface area contributed by atoms with Crippen LogP contribution in [0.5, 0.6) is 0 Å². The summed E-state index contributed by atoms with van der Waals surface area (Å²) in [7, 11) is 0. The molecular weight excluding hydrogens is 150 g/mol. The number of rotatable bonds is 3. The van der Waals surface area contributed by atoms with Crippen molar-refractivity contribution in [3.05, 3.63) is 10.1 Å². The van der Waals surface area contributed by atoms with Gasteiger partial charge in [-0.3, -0.25) is 10.1 Å². The largest absolute Gasteiger partial charge is 0.461 e. The Morgan fingerprint density at radius 1 is 1.73 bits per heavy atom. The second-order valence-electron chi connectivity index (χ2n) is 2.51. The molecule has 5 heteroatoms. The fourth-order valence-corrected chi connectivity index (χ4v) is 0.845. The highest BCUT2D eigenvalue weighted by atomic mass is 16.6. The van der Waals surface area contributed by atoms with Crippen molar-refractivity contribution in [3.8, 4) is 0 Å². The highest BCUT2D eigenvalue weighted by molar-refractivity contribution is 5.82. The lowest BCUT2D eigenvalue weighted by Crippen LogP contribution is -2.33. The number of hydrogen-bond acceptors (Lipinski definition) is 4. The lowest BCUT2D eigenvalue weighted by molar-refractivity contribution is -0.525. The topological polar surface area (TPSA) is 69.4 Å². The van der Waals surface area contributed by atoms with E-state index in [1.165, 1.54) is 0 Å². The predicted molar refractivity (Wildman–Crippen MR) is 35.6 cm³/mol. The molecule has 0 N–H and O–H groups in total. The maximum atomic E-state index is 10.9. The zero-order chi connectivity index (χ0) is 8.48. The Bertz CT molecular complexity index is 197. The van der Waals surface area contributed by atoms with Crippen LogP contribution in [0.4, 0.5) is 0 Å². The Kier molecular flexibility index (Phi) is 1.80. The number of esters is 1. The summed E-state index contributed by atoms with van der Waals surface area (Å²) in [5.74, 6) is -0.690. The van der Waals surface area contributed by atoms with Crippen molar-refractivity contribution in [1.29, 1.82) is 0 Å². The first-order chi connectivity index (χ1) is 5.13. The molecule has 0 aromatic heterocycles. The maximum absolute atomic E-state index is 10.9. The van der Waals surface area contributed by atoms with Gasteiger partial charge < -0.3 is 4.74 Å². The van der Waals surface area contributed by atoms with Gasteiger partial charge in [0.15, 0.2) is 0 Å². The van der Waals surface area contributed by atoms with E-state index in [1.54, 1.807) is 6.92 Å². The summed E-state index contributed by atoms with van der Waals surface area (Å²) in [5, 5.41) is 10.3. The first-order valence-electron chi connectivity index (χ1n) is 3.45. The third-order valence-electron chi connectivity index (χ3n) is 1.73. The third kappa shape index (κ3) is 1.18. The number of nitro groups is 1. The summed E-state index contributed by atoms with van der Waals surface area (Å²) in [6.45, 7) is 1.84. The molecule has 62 valence electrons. The van der Waals surface area contributed by atoms with Crippen molar-refractivity contribution < 1.29 is 14.5 Å². The van der Waals surface area contributed by atoms with Gasteiger partial charge >= 0.3 is 11.5 Å². The molecule has 1 fully saturated rings. The van der Waals surface area contributed by atoms with Gasteiger partial charge in [-0.05, 0) is 6.92 Å². The first-order valence-corrected chi connectivity index (χ1v) is 3.45. The average molecular weight is 159 g/mol. The van der Waals surface area contributed by atoms with E-state index in [2.05, 4.69) is 4.74 Å². The van der Waals surface area contributed by atoms with Crippen molar-refractivity contribution in [2.45, 2.75) is 25.3 Å². The minimum absolute atomic E-state index is 0.203. The molecule has 0 aliphatic heterocycles. The van der Waals surface area contributed by atoms with E-state index < -0.39 is 16.4 Å². The molecular formula is C6H9NO4. The van der Waals surface area contributed by atoms with Crippen LogP contribution in [-0.2, 0) is 9.53 Å². The zero-order valence-electron chi connectivity index (χ0n) is 6.20. The van der Waals surface area contributed by atoms with Crippen LogP contribution in [0.15, 0.2) is 0 Å². The molecule has 1 aliphatic carbocycles. The van der Waals surface area contributed by atoms with Crippen LogP contribution in [0.1, 0.15) is 19.8 Å². The van der Waals surface area contributed by atoms with Gasteiger partial charge in [-0.15, -0.1) is 0 Å². The second kappa shape index (κ2) is 2.48. The molecule has 1 aliphatic rings. The summed E-state index contributed by atoms with van der Waals surface area (Å²) in [4.78, 5) is 20.7. The van der Waals surface area contributed by atoms with Gasteiger partial charge in [0.25, 0.3) is 0 Å². The van der Waals surface area contributed by atoms with E-state index in [4.69, 9.17) is 0 Å². The van der Waals surface area contributed by atoms with Gasteiger partial charge in [-0.25, -0.2) is 4.79 Å². The van der Waals surface area contributed by atoms with Crippen LogP contribution in [0.3, 0.4) is 0 Å². The van der Waals surface area contributed by atoms with Crippen LogP contribution in [-0.4, -0.2) is 23.0 Å². The fourth-order valence-electron chi connectivity index (χ4n) is 0.845. The van der Waals surface area contributed by atoms with Gasteiger partial charge in [-0.1, -0.05) is 0 Å². The Hall–Kier alpha value is -1.13. The molecule has 0 radical (unpaired) electrons. The maximum Gasteiger partial charge on any atom is 0.384 e. The Morgan fingerprint density at radius 3 is 2.55 bits per heavy atom. The van der Waals surface area contributed by atoms with E-state index in [9.17, 15) is 14.9 Å². The molecule has 0 aromatic carbocycles. The summed E-state index contributed by atoms with van der Waals surface area (Å²) in [6.07, 6.45) is 0.637. The van der Waals surface area contributed by atoms with Crippen LogP contribution in [0.25, 0.3) is 0 Å². The summed E-state index contributed by atoms with van der Waals surface area (Å²) < 4.78 is 4.55. The van der Waals surface area contributed by atoms with Crippen molar-refractivity contribution in [3.63, 3.8) is 0 Å². The lowest BCUT2D eigenvalue weighted by Gasteiger charge is -2.04. The van der Waals surface area contributed by atoms with Gasteiger partial charge in [0.2, 0.25) is 0 Å². The normalized spacial score (nSPS) is 19.0. The van der Waals surface area contributed by atoms with Crippen LogP contribution < -0.4 is 0 Å². The Morgan fingerprint density at radius 2 is 2.27 bits per heavy atom. The van der Waals surface area contributed by atoms with Crippen LogP contribution in [0.2, 0.25) is 0 Å². The quantitative estimate of drug-likeness (QED) is 0.338. The summed E-state index contributed by atoms with van der Waals surface area (Å²) >= 11 is 0. The van der Waals surface area contributed by atoms with Crippen molar-refractivity contribution in [1.82, 2.24) is 0 Å². The highest BCUT2D eigenvalue weighted by Gasteiger charge is 2.64. The molecule has 1 rings (SSSR count). The van der Waals surface area contributed by atoms with Gasteiger partial charge in [0, 0.05) is 17.8 Å². The third-order valence-corrected chi connectivity index (χ3v) is 1.73. The molecule has 11 heavy (non-hydrogen) atoms. The molecule has 0 heterocycles. The standard InChI is InChI=1S/C6H9NO4/c1-2-11-5(8)6(3-4-6)7(9)10/h2-4H2,1H3. The number of ether oxygens (including phenoxy) is 1. The van der Waals surface area contributed by atoms with Crippen molar-refractivity contribution >= 4 is 5.97 Å². The zero-order valence-corrected chi connectivity index (χ0v) is 6.20. The van der Waals surface area contributed by atoms with E-state index in [-0.39, 0.29) is 6.61 Å². The summed E-state index contributed by atoms with van der Waals surface area (Å²) in [5.41, 5.74) is -1.38. The highest BCUT2D eigenvalue weighted by Crippen LogP contribution is 2.39. The molecule has 0 amide bonds. The SMILES string of the molecule is CCOC(=O)C1([N+](=O)[O-])CC1. The van der Waals surface area contributed by atoms with Gasteiger partial charge in [-0.2, -0.15) is 0 Å². The molecule has 0 bridgehead atoms. The predicted octanol–water partition coefficient (Wildman–Crippen LogP) is 0.359. The Balaban J connectivity index is 2.58.